The van der Waals surface area contributed by atoms with Crippen LogP contribution in [0.5, 0.6) is 5.75 Å². The highest BCUT2D eigenvalue weighted by Crippen LogP contribution is 2.32. The summed E-state index contributed by atoms with van der Waals surface area (Å²) < 4.78 is 7.47. The van der Waals surface area contributed by atoms with Gasteiger partial charge in [-0.05, 0) is 60.6 Å². The molecular weight excluding hydrogens is 388 g/mol. The second-order valence-electron chi connectivity index (χ2n) is 7.14. The van der Waals surface area contributed by atoms with Crippen molar-refractivity contribution in [3.8, 4) is 5.75 Å². The van der Waals surface area contributed by atoms with Crippen LogP contribution >= 0.6 is 15.9 Å². The summed E-state index contributed by atoms with van der Waals surface area (Å²) in [5.41, 5.74) is 2.48. The largest absolute Gasteiger partial charge is 0.544 e. The number of halogens is 1. The molecule has 0 unspecified atom stereocenters. The van der Waals surface area contributed by atoms with Gasteiger partial charge in [-0.2, -0.15) is 0 Å². The first-order valence-electron chi connectivity index (χ1n) is 8.54. The van der Waals surface area contributed by atoms with Crippen LogP contribution in [0.4, 0.5) is 0 Å². The maximum Gasteiger partial charge on any atom is 0.242 e. The van der Waals surface area contributed by atoms with Gasteiger partial charge in [0, 0.05) is 10.0 Å². The van der Waals surface area contributed by atoms with E-state index in [4.69, 9.17) is 4.43 Å². The fourth-order valence-electron chi connectivity index (χ4n) is 2.86. The van der Waals surface area contributed by atoms with Crippen molar-refractivity contribution in [1.82, 2.24) is 0 Å². The number of fused-ring (bicyclic) bond motifs is 1. The minimum absolute atomic E-state index is 0.855. The Bertz CT molecular complexity index is 895. The third-order valence-corrected chi connectivity index (χ3v) is 5.22. The number of allylic oxidation sites excluding steroid dienone is 1. The van der Waals surface area contributed by atoms with Crippen molar-refractivity contribution in [1.29, 1.82) is 0 Å². The second kappa shape index (κ2) is 7.59. The lowest BCUT2D eigenvalue weighted by Crippen LogP contribution is -2.29. The first-order valence-corrected chi connectivity index (χ1v) is 12.7. The predicted octanol–water partition coefficient (Wildman–Crippen LogP) is 7.07. The van der Waals surface area contributed by atoms with E-state index in [0.29, 0.717) is 0 Å². The van der Waals surface area contributed by atoms with Gasteiger partial charge in [-0.3, -0.25) is 0 Å². The van der Waals surface area contributed by atoms with E-state index in [9.17, 15) is 0 Å². The van der Waals surface area contributed by atoms with Gasteiger partial charge in [-0.25, -0.2) is 0 Å². The third kappa shape index (κ3) is 4.83. The molecule has 3 aromatic rings. The van der Waals surface area contributed by atoms with Crippen LogP contribution in [-0.2, 0) is 6.42 Å². The van der Waals surface area contributed by atoms with Gasteiger partial charge in [0.15, 0.2) is 0 Å². The highest BCUT2D eigenvalue weighted by atomic mass is 79.9. The summed E-state index contributed by atoms with van der Waals surface area (Å²) in [5, 5.41) is 2.50. The van der Waals surface area contributed by atoms with Crippen molar-refractivity contribution in [3.63, 3.8) is 0 Å². The summed E-state index contributed by atoms with van der Waals surface area (Å²) in [4.78, 5) is 0. The summed E-state index contributed by atoms with van der Waals surface area (Å²) >= 11 is 3.57. The first kappa shape index (κ1) is 18.0. The van der Waals surface area contributed by atoms with E-state index >= 15 is 0 Å². The Morgan fingerprint density at radius 3 is 2.44 bits per heavy atom. The predicted molar refractivity (Wildman–Crippen MR) is 115 cm³/mol. The zero-order chi connectivity index (χ0) is 17.9. The number of hydrogen-bond acceptors (Lipinski definition) is 1. The lowest BCUT2D eigenvalue weighted by atomic mass is 10.0. The second-order valence-corrected chi connectivity index (χ2v) is 12.5. The molecule has 0 amide bonds. The number of hydrogen-bond donors (Lipinski definition) is 0. The molecule has 0 aliphatic heterocycles. The van der Waals surface area contributed by atoms with E-state index < -0.39 is 8.32 Å². The summed E-state index contributed by atoms with van der Waals surface area (Å²) in [6.07, 6.45) is 5.26. The van der Waals surface area contributed by atoms with E-state index in [-0.39, 0.29) is 0 Å². The Hall–Kier alpha value is -1.84. The van der Waals surface area contributed by atoms with Crippen LogP contribution in [0.3, 0.4) is 0 Å². The molecule has 1 nitrogen and oxygen atoms in total. The van der Waals surface area contributed by atoms with Crippen molar-refractivity contribution in [3.05, 3.63) is 82.3 Å². The molecule has 0 bridgehead atoms. The molecule has 0 aliphatic carbocycles. The molecule has 0 heterocycles. The molecule has 0 aliphatic rings. The summed E-state index contributed by atoms with van der Waals surface area (Å²) in [6, 6.07) is 21.1. The topological polar surface area (TPSA) is 9.23 Å². The minimum atomic E-state index is -1.66. The minimum Gasteiger partial charge on any atom is -0.544 e. The van der Waals surface area contributed by atoms with Crippen LogP contribution < -0.4 is 4.43 Å². The molecule has 0 saturated heterocycles. The molecule has 0 aromatic heterocycles. The van der Waals surface area contributed by atoms with Gasteiger partial charge in [0.2, 0.25) is 8.32 Å². The van der Waals surface area contributed by atoms with Crippen LogP contribution in [0.15, 0.2) is 71.2 Å². The zero-order valence-corrected chi connectivity index (χ0v) is 17.5. The van der Waals surface area contributed by atoms with E-state index in [1.54, 1.807) is 0 Å². The maximum absolute atomic E-state index is 6.37. The molecule has 0 fully saturated rings. The maximum atomic E-state index is 6.37. The SMILES string of the molecule is C[Si](C)(C)Oc1ccc2cc(Br)ccc2c1C/C=C/c1ccccc1. The monoisotopic (exact) mass is 410 g/mol. The Balaban J connectivity index is 1.99. The van der Waals surface area contributed by atoms with Crippen molar-refractivity contribution < 1.29 is 4.43 Å². The lowest BCUT2D eigenvalue weighted by Gasteiger charge is -2.22. The van der Waals surface area contributed by atoms with Gasteiger partial charge in [0.1, 0.15) is 5.75 Å². The Morgan fingerprint density at radius 2 is 1.72 bits per heavy atom. The molecule has 3 aromatic carbocycles. The molecular formula is C22H23BrOSi. The van der Waals surface area contributed by atoms with Crippen LogP contribution in [-0.4, -0.2) is 8.32 Å². The van der Waals surface area contributed by atoms with Gasteiger partial charge < -0.3 is 4.43 Å². The van der Waals surface area contributed by atoms with Gasteiger partial charge in [-0.1, -0.05) is 70.5 Å². The molecule has 3 rings (SSSR count). The standard InChI is InChI=1S/C22H23BrOSi/c1-25(2,3)24-22-15-12-18-16-19(23)13-14-20(18)21(22)11-7-10-17-8-5-4-6-9-17/h4-10,12-16H,11H2,1-3H3/b10-7+. The van der Waals surface area contributed by atoms with Crippen molar-refractivity contribution in [2.45, 2.75) is 26.1 Å². The van der Waals surface area contributed by atoms with Crippen molar-refractivity contribution in [2.75, 3.05) is 0 Å². The van der Waals surface area contributed by atoms with E-state index in [2.05, 4.69) is 102 Å². The van der Waals surface area contributed by atoms with Gasteiger partial charge >= 0.3 is 0 Å². The molecule has 0 atom stereocenters. The van der Waals surface area contributed by atoms with E-state index in [1.807, 2.05) is 6.07 Å². The zero-order valence-electron chi connectivity index (χ0n) is 14.9. The van der Waals surface area contributed by atoms with Crippen molar-refractivity contribution in [2.24, 2.45) is 0 Å². The molecule has 128 valence electrons. The summed E-state index contributed by atoms with van der Waals surface area (Å²) in [6.45, 7) is 6.67. The molecule has 0 spiro atoms. The van der Waals surface area contributed by atoms with E-state index in [1.165, 1.54) is 21.9 Å². The highest BCUT2D eigenvalue weighted by molar-refractivity contribution is 9.10. The summed E-state index contributed by atoms with van der Waals surface area (Å²) in [7, 11) is -1.66. The first-order chi connectivity index (χ1) is 11.9. The fraction of sp³-hybridized carbons (Fsp3) is 0.182. The third-order valence-electron chi connectivity index (χ3n) is 3.90. The smallest absolute Gasteiger partial charge is 0.242 e. The van der Waals surface area contributed by atoms with Crippen LogP contribution in [0.25, 0.3) is 16.8 Å². The van der Waals surface area contributed by atoms with Gasteiger partial charge in [0.25, 0.3) is 0 Å². The molecule has 0 saturated carbocycles. The van der Waals surface area contributed by atoms with Crippen LogP contribution in [0.1, 0.15) is 11.1 Å². The Labute approximate surface area is 159 Å². The number of benzene rings is 3. The Kier molecular flexibility index (Phi) is 5.45. The van der Waals surface area contributed by atoms with Crippen LogP contribution in [0.2, 0.25) is 19.6 Å². The van der Waals surface area contributed by atoms with E-state index in [0.717, 1.165) is 16.6 Å². The summed E-state index contributed by atoms with van der Waals surface area (Å²) in [5.74, 6) is 1.02. The highest BCUT2D eigenvalue weighted by Gasteiger charge is 2.19. The van der Waals surface area contributed by atoms with Crippen molar-refractivity contribution >= 4 is 41.1 Å². The quantitative estimate of drug-likeness (QED) is 0.408. The van der Waals surface area contributed by atoms with Gasteiger partial charge in [-0.15, -0.1) is 0 Å². The molecule has 25 heavy (non-hydrogen) atoms. The van der Waals surface area contributed by atoms with Crippen LogP contribution in [0, 0.1) is 0 Å². The Morgan fingerprint density at radius 1 is 0.960 bits per heavy atom. The number of rotatable bonds is 5. The molecule has 3 heteroatoms. The fourth-order valence-corrected chi connectivity index (χ4v) is 4.09. The lowest BCUT2D eigenvalue weighted by molar-refractivity contribution is 0.552. The average Bonchev–Trinajstić information content (AvgIpc) is 2.56. The molecule has 0 N–H and O–H groups in total. The average molecular weight is 411 g/mol. The molecule has 0 radical (unpaired) electrons. The normalized spacial score (nSPS) is 12.0. The van der Waals surface area contributed by atoms with Gasteiger partial charge in [0.05, 0.1) is 0 Å².